The first kappa shape index (κ1) is 13.6. The van der Waals surface area contributed by atoms with Gasteiger partial charge in [-0.05, 0) is 17.7 Å². The van der Waals surface area contributed by atoms with Gasteiger partial charge in [0.05, 0.1) is 24.3 Å². The van der Waals surface area contributed by atoms with Crippen LogP contribution in [0.15, 0.2) is 36.8 Å². The molecule has 6 heteroatoms. The van der Waals surface area contributed by atoms with E-state index in [1.807, 2.05) is 0 Å². The average molecular weight is 279 g/mol. The van der Waals surface area contributed by atoms with Crippen LogP contribution in [0.3, 0.4) is 0 Å². The van der Waals surface area contributed by atoms with E-state index in [4.69, 9.17) is 0 Å². The van der Waals surface area contributed by atoms with E-state index in [1.54, 1.807) is 24.7 Å². The monoisotopic (exact) mass is 279 g/mol. The fourth-order valence-electron chi connectivity index (χ4n) is 1.47. The molecule has 2 rings (SSSR count). The third kappa shape index (κ3) is 4.75. The standard InChI is InChI=1S/C13H14FN3OS/c14-11-3-1-10(2-4-11)7-19-8-13(18)16-6-12-5-15-9-17-12/h1-5,9H,6-8H2,(H,15,17)(H,16,18). The van der Waals surface area contributed by atoms with Crippen molar-refractivity contribution in [1.29, 1.82) is 0 Å². The van der Waals surface area contributed by atoms with Gasteiger partial charge in [0.2, 0.25) is 5.91 Å². The molecule has 19 heavy (non-hydrogen) atoms. The lowest BCUT2D eigenvalue weighted by molar-refractivity contribution is -0.118. The Kier molecular flexibility index (Phi) is 4.97. The molecule has 1 aromatic carbocycles. The maximum Gasteiger partial charge on any atom is 0.230 e. The smallest absolute Gasteiger partial charge is 0.230 e. The number of nitrogens with one attached hydrogen (secondary N) is 2. The molecular weight excluding hydrogens is 265 g/mol. The van der Waals surface area contributed by atoms with Crippen LogP contribution in [0.4, 0.5) is 4.39 Å². The summed E-state index contributed by atoms with van der Waals surface area (Å²) in [6, 6.07) is 6.30. The molecule has 2 N–H and O–H groups in total. The first-order valence-corrected chi connectivity index (χ1v) is 6.95. The summed E-state index contributed by atoms with van der Waals surface area (Å²) >= 11 is 1.50. The maximum atomic E-state index is 12.7. The lowest BCUT2D eigenvalue weighted by Crippen LogP contribution is -2.24. The van der Waals surface area contributed by atoms with Gasteiger partial charge in [0.25, 0.3) is 0 Å². The lowest BCUT2D eigenvalue weighted by atomic mass is 10.2. The highest BCUT2D eigenvalue weighted by molar-refractivity contribution is 7.99. The molecule has 0 unspecified atom stereocenters. The van der Waals surface area contributed by atoms with Gasteiger partial charge in [0.15, 0.2) is 0 Å². The third-order valence-corrected chi connectivity index (χ3v) is 3.45. The number of imidazole rings is 1. The molecule has 0 aliphatic rings. The summed E-state index contributed by atoms with van der Waals surface area (Å²) in [5.74, 6) is 0.802. The van der Waals surface area contributed by atoms with Crippen LogP contribution in [-0.4, -0.2) is 21.6 Å². The maximum absolute atomic E-state index is 12.7. The minimum atomic E-state index is -0.244. The van der Waals surface area contributed by atoms with Crippen LogP contribution in [0, 0.1) is 5.82 Å². The van der Waals surface area contributed by atoms with E-state index in [-0.39, 0.29) is 11.7 Å². The van der Waals surface area contributed by atoms with Crippen molar-refractivity contribution < 1.29 is 9.18 Å². The third-order valence-electron chi connectivity index (χ3n) is 2.45. The Labute approximate surface area is 114 Å². The first-order valence-electron chi connectivity index (χ1n) is 5.80. The van der Waals surface area contributed by atoms with E-state index >= 15 is 0 Å². The number of rotatable bonds is 6. The Hall–Kier alpha value is -1.82. The summed E-state index contributed by atoms with van der Waals surface area (Å²) in [5, 5.41) is 2.79. The summed E-state index contributed by atoms with van der Waals surface area (Å²) < 4.78 is 12.7. The molecule has 0 saturated carbocycles. The van der Waals surface area contributed by atoms with E-state index in [2.05, 4.69) is 15.3 Å². The van der Waals surface area contributed by atoms with Crippen LogP contribution in [0.2, 0.25) is 0 Å². The highest BCUT2D eigenvalue weighted by Gasteiger charge is 2.02. The molecule has 0 bridgehead atoms. The second kappa shape index (κ2) is 6.94. The molecule has 1 amide bonds. The zero-order chi connectivity index (χ0) is 13.5. The quantitative estimate of drug-likeness (QED) is 0.851. The highest BCUT2D eigenvalue weighted by atomic mass is 32.2. The summed E-state index contributed by atoms with van der Waals surface area (Å²) in [4.78, 5) is 18.3. The number of aromatic nitrogens is 2. The average Bonchev–Trinajstić information content (AvgIpc) is 2.92. The SMILES string of the molecule is O=C(CSCc1ccc(F)cc1)NCc1cnc[nH]1. The lowest BCUT2D eigenvalue weighted by Gasteiger charge is -2.04. The minimum absolute atomic E-state index is 0.0262. The molecule has 0 atom stereocenters. The van der Waals surface area contributed by atoms with Crippen molar-refractivity contribution in [3.63, 3.8) is 0 Å². The van der Waals surface area contributed by atoms with Gasteiger partial charge in [-0.15, -0.1) is 11.8 Å². The Balaban J connectivity index is 1.65. The van der Waals surface area contributed by atoms with Crippen molar-refractivity contribution >= 4 is 17.7 Å². The number of amides is 1. The van der Waals surface area contributed by atoms with Gasteiger partial charge >= 0.3 is 0 Å². The molecule has 1 aromatic heterocycles. The minimum Gasteiger partial charge on any atom is -0.350 e. The van der Waals surface area contributed by atoms with Crippen LogP contribution >= 0.6 is 11.8 Å². The molecule has 4 nitrogen and oxygen atoms in total. The predicted octanol–water partition coefficient (Wildman–Crippen LogP) is 2.10. The number of hydrogen-bond donors (Lipinski definition) is 2. The number of carbonyl (C=O) groups excluding carboxylic acids is 1. The van der Waals surface area contributed by atoms with E-state index in [9.17, 15) is 9.18 Å². The van der Waals surface area contributed by atoms with Gasteiger partial charge in [0.1, 0.15) is 5.82 Å². The first-order chi connectivity index (χ1) is 9.24. The van der Waals surface area contributed by atoms with Crippen molar-refractivity contribution in [1.82, 2.24) is 15.3 Å². The van der Waals surface area contributed by atoms with E-state index in [0.29, 0.717) is 18.1 Å². The zero-order valence-electron chi connectivity index (χ0n) is 10.2. The second-order valence-corrected chi connectivity index (χ2v) is 4.96. The molecule has 0 saturated heterocycles. The Bertz CT molecular complexity index is 513. The summed E-state index contributed by atoms with van der Waals surface area (Å²) in [6.45, 7) is 0.454. The van der Waals surface area contributed by atoms with Crippen LogP contribution in [0.1, 0.15) is 11.3 Å². The van der Waals surface area contributed by atoms with Gasteiger partial charge < -0.3 is 10.3 Å². The van der Waals surface area contributed by atoms with Gasteiger partial charge in [0, 0.05) is 11.9 Å². The van der Waals surface area contributed by atoms with Gasteiger partial charge in [-0.3, -0.25) is 4.79 Å². The van der Waals surface area contributed by atoms with Crippen molar-refractivity contribution in [3.05, 3.63) is 53.9 Å². The van der Waals surface area contributed by atoms with Gasteiger partial charge in [-0.25, -0.2) is 9.37 Å². The molecule has 0 aliphatic heterocycles. The Morgan fingerprint density at radius 2 is 2.16 bits per heavy atom. The number of benzene rings is 1. The summed E-state index contributed by atoms with van der Waals surface area (Å²) in [7, 11) is 0. The van der Waals surface area contributed by atoms with Crippen LogP contribution < -0.4 is 5.32 Å². The molecule has 0 fully saturated rings. The van der Waals surface area contributed by atoms with Crippen LogP contribution in [-0.2, 0) is 17.1 Å². The normalized spacial score (nSPS) is 10.4. The van der Waals surface area contributed by atoms with Gasteiger partial charge in [-0.2, -0.15) is 0 Å². The number of nitrogens with zero attached hydrogens (tertiary/aromatic N) is 1. The molecule has 0 radical (unpaired) electrons. The highest BCUT2D eigenvalue weighted by Crippen LogP contribution is 2.12. The topological polar surface area (TPSA) is 57.8 Å². The molecular formula is C13H14FN3OS. The van der Waals surface area contributed by atoms with E-state index in [1.165, 1.54) is 23.9 Å². The predicted molar refractivity (Wildman–Crippen MR) is 73.0 cm³/mol. The summed E-state index contributed by atoms with van der Waals surface area (Å²) in [6.07, 6.45) is 3.25. The number of aromatic amines is 1. The number of thioether (sulfide) groups is 1. The van der Waals surface area contributed by atoms with Crippen molar-refractivity contribution in [2.75, 3.05) is 5.75 Å². The van der Waals surface area contributed by atoms with E-state index in [0.717, 1.165) is 11.3 Å². The van der Waals surface area contributed by atoms with E-state index < -0.39 is 0 Å². The number of hydrogen-bond acceptors (Lipinski definition) is 3. The van der Waals surface area contributed by atoms with Gasteiger partial charge in [-0.1, -0.05) is 12.1 Å². The molecule has 2 aromatic rings. The Morgan fingerprint density at radius 1 is 1.37 bits per heavy atom. The number of H-pyrrole nitrogens is 1. The molecule has 100 valence electrons. The Morgan fingerprint density at radius 3 is 2.84 bits per heavy atom. The fourth-order valence-corrected chi connectivity index (χ4v) is 2.29. The largest absolute Gasteiger partial charge is 0.350 e. The number of halogens is 1. The molecule has 1 heterocycles. The van der Waals surface area contributed by atoms with Crippen LogP contribution in [0.25, 0.3) is 0 Å². The van der Waals surface area contributed by atoms with Crippen molar-refractivity contribution in [2.24, 2.45) is 0 Å². The van der Waals surface area contributed by atoms with Crippen LogP contribution in [0.5, 0.6) is 0 Å². The zero-order valence-corrected chi connectivity index (χ0v) is 11.0. The fraction of sp³-hybridized carbons (Fsp3) is 0.231. The molecule has 0 aliphatic carbocycles. The second-order valence-electron chi connectivity index (χ2n) is 3.97. The summed E-state index contributed by atoms with van der Waals surface area (Å²) in [5.41, 5.74) is 1.88. The number of carbonyl (C=O) groups is 1. The van der Waals surface area contributed by atoms with Crippen molar-refractivity contribution in [3.8, 4) is 0 Å². The van der Waals surface area contributed by atoms with Crippen molar-refractivity contribution in [2.45, 2.75) is 12.3 Å². The molecule has 0 spiro atoms.